The van der Waals surface area contributed by atoms with Crippen molar-refractivity contribution in [2.45, 2.75) is 12.6 Å². The maximum Gasteiger partial charge on any atom is 0.290 e. The monoisotopic (exact) mass is 326 g/mol. The molecule has 0 aliphatic carbocycles. The average molecular weight is 326 g/mol. The van der Waals surface area contributed by atoms with Gasteiger partial charge in [0.25, 0.3) is 5.91 Å². The van der Waals surface area contributed by atoms with E-state index >= 15 is 0 Å². The molecule has 0 saturated heterocycles. The minimum atomic E-state index is -0.624. The van der Waals surface area contributed by atoms with Crippen molar-refractivity contribution in [1.29, 1.82) is 0 Å². The van der Waals surface area contributed by atoms with Gasteiger partial charge in [0.15, 0.2) is 5.76 Å². The summed E-state index contributed by atoms with van der Waals surface area (Å²) in [5.41, 5.74) is 0.954. The van der Waals surface area contributed by atoms with Gasteiger partial charge in [-0.25, -0.2) is 0 Å². The number of benzene rings is 1. The predicted octanol–water partition coefficient (Wildman–Crippen LogP) is 1.99. The van der Waals surface area contributed by atoms with Gasteiger partial charge in [0.1, 0.15) is 11.8 Å². The maximum absolute atomic E-state index is 12.4. The molecular weight excluding hydrogens is 308 g/mol. The highest BCUT2D eigenvalue weighted by Crippen LogP contribution is 2.16. The fourth-order valence-electron chi connectivity index (χ4n) is 2.54. The molecule has 1 aliphatic rings. The van der Waals surface area contributed by atoms with Crippen LogP contribution in [0.4, 0.5) is 0 Å². The van der Waals surface area contributed by atoms with Crippen LogP contribution in [-0.2, 0) is 11.3 Å². The molecule has 2 amide bonds. The average Bonchev–Trinajstić information content (AvgIpc) is 3.31. The summed E-state index contributed by atoms with van der Waals surface area (Å²) in [4.78, 5) is 26.3. The second-order valence-corrected chi connectivity index (χ2v) is 5.37. The number of nitrogens with one attached hydrogen (secondary N) is 1. The quantitative estimate of drug-likeness (QED) is 0.853. The van der Waals surface area contributed by atoms with Crippen molar-refractivity contribution < 1.29 is 18.7 Å². The van der Waals surface area contributed by atoms with Crippen molar-refractivity contribution in [2.24, 2.45) is 0 Å². The number of amides is 2. The molecule has 1 aromatic heterocycles. The Morgan fingerprint density at radius 3 is 2.75 bits per heavy atom. The molecule has 6 nitrogen and oxygen atoms in total. The highest BCUT2D eigenvalue weighted by molar-refractivity contribution is 5.97. The van der Waals surface area contributed by atoms with Crippen molar-refractivity contribution in [3.63, 3.8) is 0 Å². The van der Waals surface area contributed by atoms with Crippen LogP contribution in [0.15, 0.2) is 59.2 Å². The summed E-state index contributed by atoms with van der Waals surface area (Å²) >= 11 is 0. The van der Waals surface area contributed by atoms with E-state index in [2.05, 4.69) is 5.32 Å². The van der Waals surface area contributed by atoms with E-state index in [1.54, 1.807) is 31.4 Å². The van der Waals surface area contributed by atoms with E-state index in [9.17, 15) is 9.59 Å². The Morgan fingerprint density at radius 2 is 2.08 bits per heavy atom. The molecule has 6 heteroatoms. The molecule has 0 bridgehead atoms. The molecule has 1 aliphatic heterocycles. The number of methoxy groups -OCH3 is 1. The number of hydrogen-bond donors (Lipinski definition) is 1. The molecule has 1 atom stereocenters. The zero-order chi connectivity index (χ0) is 16.9. The molecule has 0 saturated carbocycles. The van der Waals surface area contributed by atoms with Crippen LogP contribution in [-0.4, -0.2) is 36.4 Å². The van der Waals surface area contributed by atoms with E-state index in [4.69, 9.17) is 9.15 Å². The highest BCUT2D eigenvalue weighted by atomic mass is 16.5. The molecule has 2 aromatic rings. The third-order valence-corrected chi connectivity index (χ3v) is 3.84. The number of carbonyl (C=O) groups is 2. The summed E-state index contributed by atoms with van der Waals surface area (Å²) in [6.45, 7) is 0.774. The van der Waals surface area contributed by atoms with Crippen molar-refractivity contribution in [3.8, 4) is 5.75 Å². The summed E-state index contributed by atoms with van der Waals surface area (Å²) < 4.78 is 10.2. The van der Waals surface area contributed by atoms with Gasteiger partial charge in [-0.15, -0.1) is 0 Å². The zero-order valence-corrected chi connectivity index (χ0v) is 13.3. The Labute approximate surface area is 139 Å². The van der Waals surface area contributed by atoms with Gasteiger partial charge in [0.2, 0.25) is 5.91 Å². The van der Waals surface area contributed by atoms with E-state index in [1.165, 1.54) is 11.2 Å². The summed E-state index contributed by atoms with van der Waals surface area (Å²) in [5, 5.41) is 2.85. The van der Waals surface area contributed by atoms with Crippen LogP contribution in [0.3, 0.4) is 0 Å². The molecule has 3 rings (SSSR count). The molecule has 0 unspecified atom stereocenters. The van der Waals surface area contributed by atoms with Crippen LogP contribution in [0.1, 0.15) is 16.1 Å². The summed E-state index contributed by atoms with van der Waals surface area (Å²) in [7, 11) is 1.60. The molecule has 1 aromatic carbocycles. The molecule has 0 radical (unpaired) electrons. The number of rotatable bonds is 5. The molecule has 24 heavy (non-hydrogen) atoms. The van der Waals surface area contributed by atoms with E-state index in [0.29, 0.717) is 13.1 Å². The molecular formula is C18H18N2O4. The van der Waals surface area contributed by atoms with Gasteiger partial charge in [0, 0.05) is 13.1 Å². The third-order valence-electron chi connectivity index (χ3n) is 3.84. The molecule has 0 fully saturated rings. The van der Waals surface area contributed by atoms with Gasteiger partial charge in [-0.3, -0.25) is 9.59 Å². The largest absolute Gasteiger partial charge is 0.497 e. The first-order chi connectivity index (χ1) is 11.7. The first kappa shape index (κ1) is 15.9. The van der Waals surface area contributed by atoms with Gasteiger partial charge in [-0.1, -0.05) is 24.3 Å². The van der Waals surface area contributed by atoms with Crippen LogP contribution >= 0.6 is 0 Å². The van der Waals surface area contributed by atoms with Gasteiger partial charge < -0.3 is 19.4 Å². The Hall–Kier alpha value is -3.02. The van der Waals surface area contributed by atoms with Gasteiger partial charge >= 0.3 is 0 Å². The van der Waals surface area contributed by atoms with E-state index < -0.39 is 6.04 Å². The van der Waals surface area contributed by atoms with Crippen molar-refractivity contribution in [1.82, 2.24) is 10.2 Å². The molecule has 0 spiro atoms. The maximum atomic E-state index is 12.4. The van der Waals surface area contributed by atoms with Crippen LogP contribution in [0.25, 0.3) is 0 Å². The number of hydrogen-bond acceptors (Lipinski definition) is 4. The Kier molecular flexibility index (Phi) is 4.65. The number of carbonyl (C=O) groups excluding carboxylic acids is 2. The van der Waals surface area contributed by atoms with Crippen molar-refractivity contribution in [2.75, 3.05) is 13.7 Å². The summed E-state index contributed by atoms with van der Waals surface area (Å²) in [6.07, 6.45) is 4.97. The molecule has 124 valence electrons. The predicted molar refractivity (Wildman–Crippen MR) is 87.5 cm³/mol. The van der Waals surface area contributed by atoms with Crippen LogP contribution < -0.4 is 10.1 Å². The minimum Gasteiger partial charge on any atom is -0.497 e. The Morgan fingerprint density at radius 1 is 1.29 bits per heavy atom. The van der Waals surface area contributed by atoms with Crippen LogP contribution in [0.5, 0.6) is 5.75 Å². The normalized spacial score (nSPS) is 16.2. The minimum absolute atomic E-state index is 0.223. The first-order valence-corrected chi connectivity index (χ1v) is 7.61. The topological polar surface area (TPSA) is 71.8 Å². The molecule has 2 heterocycles. The van der Waals surface area contributed by atoms with Gasteiger partial charge in [-0.05, 0) is 29.8 Å². The number of ether oxygens (including phenoxy) is 1. The Balaban J connectivity index is 1.61. The zero-order valence-electron chi connectivity index (χ0n) is 13.3. The van der Waals surface area contributed by atoms with Crippen molar-refractivity contribution >= 4 is 11.8 Å². The SMILES string of the molecule is COc1ccc(CNC(=O)[C@H]2C=CCN2C(=O)c2ccco2)cc1. The summed E-state index contributed by atoms with van der Waals surface area (Å²) in [5.74, 6) is 0.472. The Bertz CT molecular complexity index is 735. The second-order valence-electron chi connectivity index (χ2n) is 5.37. The first-order valence-electron chi connectivity index (χ1n) is 7.61. The van der Waals surface area contributed by atoms with Crippen LogP contribution in [0, 0.1) is 0 Å². The van der Waals surface area contributed by atoms with Crippen molar-refractivity contribution in [3.05, 3.63) is 66.1 Å². The lowest BCUT2D eigenvalue weighted by molar-refractivity contribution is -0.124. The smallest absolute Gasteiger partial charge is 0.290 e. The number of nitrogens with zero attached hydrogens (tertiary/aromatic N) is 1. The van der Waals surface area contributed by atoms with E-state index in [1.807, 2.05) is 24.3 Å². The fourth-order valence-corrected chi connectivity index (χ4v) is 2.54. The van der Waals surface area contributed by atoms with Gasteiger partial charge in [0.05, 0.1) is 13.4 Å². The van der Waals surface area contributed by atoms with E-state index in [0.717, 1.165) is 11.3 Å². The lowest BCUT2D eigenvalue weighted by atomic mass is 10.2. The highest BCUT2D eigenvalue weighted by Gasteiger charge is 2.32. The fraction of sp³-hybridized carbons (Fsp3) is 0.222. The third kappa shape index (κ3) is 3.32. The molecule has 1 N–H and O–H groups in total. The number of furan rings is 1. The standard InChI is InChI=1S/C18H18N2O4/c1-23-14-8-6-13(7-9-14)12-19-17(21)15-4-2-10-20(15)18(22)16-5-3-11-24-16/h2-9,11,15H,10,12H2,1H3,(H,19,21)/t15-/m1/s1. The van der Waals surface area contributed by atoms with Gasteiger partial charge in [-0.2, -0.15) is 0 Å². The second kappa shape index (κ2) is 7.04. The lowest BCUT2D eigenvalue weighted by Crippen LogP contribution is -2.45. The van der Waals surface area contributed by atoms with E-state index in [-0.39, 0.29) is 17.6 Å². The summed E-state index contributed by atoms with van der Waals surface area (Å²) in [6, 6.07) is 10.1. The lowest BCUT2D eigenvalue weighted by Gasteiger charge is -2.22. The van der Waals surface area contributed by atoms with Crippen LogP contribution in [0.2, 0.25) is 0 Å².